The highest BCUT2D eigenvalue weighted by Crippen LogP contribution is 2.44. The Morgan fingerprint density at radius 1 is 1.36 bits per heavy atom. The van der Waals surface area contributed by atoms with Crippen molar-refractivity contribution < 1.29 is 9.63 Å². The molecule has 1 aliphatic rings. The lowest BCUT2D eigenvalue weighted by Gasteiger charge is -2.42. The van der Waals surface area contributed by atoms with E-state index < -0.39 is 0 Å². The number of carbonyl (C=O) groups is 1. The number of amides is 1. The van der Waals surface area contributed by atoms with Gasteiger partial charge in [-0.25, -0.2) is 0 Å². The third-order valence-electron chi connectivity index (χ3n) is 4.48. The number of anilines is 1. The van der Waals surface area contributed by atoms with Crippen LogP contribution in [0.25, 0.3) is 0 Å². The molecule has 0 atom stereocenters. The van der Waals surface area contributed by atoms with E-state index in [4.69, 9.17) is 4.84 Å². The lowest BCUT2D eigenvalue weighted by Crippen LogP contribution is -2.54. The van der Waals surface area contributed by atoms with E-state index in [2.05, 4.69) is 49.6 Å². The van der Waals surface area contributed by atoms with E-state index in [1.165, 1.54) is 11.3 Å². The van der Waals surface area contributed by atoms with Crippen molar-refractivity contribution in [1.29, 1.82) is 5.26 Å². The van der Waals surface area contributed by atoms with E-state index >= 15 is 0 Å². The van der Waals surface area contributed by atoms with Crippen LogP contribution in [0.2, 0.25) is 0 Å². The van der Waals surface area contributed by atoms with E-state index in [0.717, 1.165) is 22.4 Å². The highest BCUT2D eigenvalue weighted by atomic mass is 32.1. The Kier molecular flexibility index (Phi) is 5.54. The van der Waals surface area contributed by atoms with Crippen molar-refractivity contribution in [3.8, 4) is 6.07 Å². The van der Waals surface area contributed by atoms with Crippen LogP contribution < -0.4 is 10.6 Å². The zero-order valence-corrected chi connectivity index (χ0v) is 17.3. The quantitative estimate of drug-likeness (QED) is 0.595. The Balaban J connectivity index is 1.69. The van der Waals surface area contributed by atoms with Gasteiger partial charge < -0.3 is 15.5 Å². The Hall–Kier alpha value is -2.69. The number of carbonyl (C=O) groups excluding carboxylic acids is 1. The fourth-order valence-electron chi connectivity index (χ4n) is 3.63. The number of benzene rings is 1. The highest BCUT2D eigenvalue weighted by molar-refractivity contribution is 7.17. The van der Waals surface area contributed by atoms with E-state index in [0.29, 0.717) is 10.6 Å². The van der Waals surface area contributed by atoms with Gasteiger partial charge in [0.1, 0.15) is 11.1 Å². The molecule has 2 aromatic rings. The van der Waals surface area contributed by atoms with Crippen LogP contribution >= 0.6 is 11.3 Å². The lowest BCUT2D eigenvalue weighted by molar-refractivity contribution is -0.120. The molecule has 1 amide bonds. The molecule has 2 N–H and O–H groups in total. The second-order valence-corrected chi connectivity index (χ2v) is 9.02. The van der Waals surface area contributed by atoms with Crippen LogP contribution in [0.3, 0.4) is 0 Å². The molecular formula is C21H24N4O2S. The predicted molar refractivity (Wildman–Crippen MR) is 112 cm³/mol. The first-order chi connectivity index (χ1) is 13.2. The fourth-order valence-corrected chi connectivity index (χ4v) is 4.87. The maximum atomic E-state index is 12.3. The summed E-state index contributed by atoms with van der Waals surface area (Å²) in [5.41, 5.74) is 2.05. The summed E-state index contributed by atoms with van der Waals surface area (Å²) in [6.45, 7) is 8.21. The van der Waals surface area contributed by atoms with Crippen molar-refractivity contribution in [3.63, 3.8) is 0 Å². The summed E-state index contributed by atoms with van der Waals surface area (Å²) >= 11 is 1.45. The Morgan fingerprint density at radius 3 is 2.75 bits per heavy atom. The van der Waals surface area contributed by atoms with Crippen molar-refractivity contribution in [1.82, 2.24) is 5.32 Å². The number of rotatable bonds is 5. The van der Waals surface area contributed by atoms with Crippen LogP contribution in [-0.2, 0) is 21.6 Å². The maximum absolute atomic E-state index is 12.3. The standard InChI is InChI=1S/C21H24N4O2S/c1-20(2)10-15-16(11-22)19(28-18(15)21(3,4)25-20)24-17(26)13-27-23-12-14-8-6-5-7-9-14/h5-9,12,25H,10,13H2,1-4H3,(H,24,26)/b23-12-. The zero-order valence-electron chi connectivity index (χ0n) is 16.5. The average molecular weight is 397 g/mol. The molecule has 0 spiro atoms. The van der Waals surface area contributed by atoms with Gasteiger partial charge in [0.15, 0.2) is 6.61 Å². The van der Waals surface area contributed by atoms with E-state index in [1.54, 1.807) is 6.21 Å². The minimum Gasteiger partial charge on any atom is -0.386 e. The van der Waals surface area contributed by atoms with Crippen molar-refractivity contribution >= 4 is 28.5 Å². The average Bonchev–Trinajstić information content (AvgIpc) is 2.95. The molecule has 2 heterocycles. The van der Waals surface area contributed by atoms with Gasteiger partial charge in [0.25, 0.3) is 5.91 Å². The smallest absolute Gasteiger partial charge is 0.265 e. The molecule has 0 aliphatic carbocycles. The molecule has 1 aromatic heterocycles. The largest absolute Gasteiger partial charge is 0.386 e. The van der Waals surface area contributed by atoms with Crippen LogP contribution in [0.1, 0.15) is 49.3 Å². The van der Waals surface area contributed by atoms with Crippen LogP contribution in [0.4, 0.5) is 5.00 Å². The van der Waals surface area contributed by atoms with Crippen molar-refractivity contribution in [2.75, 3.05) is 11.9 Å². The summed E-state index contributed by atoms with van der Waals surface area (Å²) < 4.78 is 0. The summed E-state index contributed by atoms with van der Waals surface area (Å²) in [7, 11) is 0. The maximum Gasteiger partial charge on any atom is 0.265 e. The predicted octanol–water partition coefficient (Wildman–Crippen LogP) is 3.77. The van der Waals surface area contributed by atoms with Crippen molar-refractivity contribution in [3.05, 3.63) is 51.9 Å². The Morgan fingerprint density at radius 2 is 2.07 bits per heavy atom. The zero-order chi connectivity index (χ0) is 20.4. The van der Waals surface area contributed by atoms with Gasteiger partial charge in [-0.3, -0.25) is 4.79 Å². The topological polar surface area (TPSA) is 86.5 Å². The van der Waals surface area contributed by atoms with Gasteiger partial charge in [0.05, 0.1) is 11.8 Å². The van der Waals surface area contributed by atoms with Crippen LogP contribution in [0.5, 0.6) is 0 Å². The number of fused-ring (bicyclic) bond motifs is 1. The first kappa shape index (κ1) is 20.1. The molecule has 3 rings (SSSR count). The van der Waals surface area contributed by atoms with E-state index in [9.17, 15) is 10.1 Å². The van der Waals surface area contributed by atoms with Crippen molar-refractivity contribution in [2.24, 2.45) is 5.16 Å². The molecule has 7 heteroatoms. The summed E-state index contributed by atoms with van der Waals surface area (Å²) in [6, 6.07) is 11.8. The van der Waals surface area contributed by atoms with Gasteiger partial charge in [-0.2, -0.15) is 5.26 Å². The monoisotopic (exact) mass is 396 g/mol. The molecule has 6 nitrogen and oxygen atoms in total. The second kappa shape index (κ2) is 7.74. The van der Waals surface area contributed by atoms with Crippen LogP contribution in [-0.4, -0.2) is 24.3 Å². The molecule has 1 aromatic carbocycles. The van der Waals surface area contributed by atoms with E-state index in [1.807, 2.05) is 30.3 Å². The number of hydrogen-bond donors (Lipinski definition) is 2. The minimum atomic E-state index is -0.342. The fraction of sp³-hybridized carbons (Fsp3) is 0.381. The first-order valence-corrected chi connectivity index (χ1v) is 9.89. The summed E-state index contributed by atoms with van der Waals surface area (Å²) in [5.74, 6) is -0.342. The van der Waals surface area contributed by atoms with Crippen LogP contribution in [0, 0.1) is 11.3 Å². The summed E-state index contributed by atoms with van der Waals surface area (Å²) in [4.78, 5) is 18.4. The molecule has 28 heavy (non-hydrogen) atoms. The van der Waals surface area contributed by atoms with Crippen LogP contribution in [0.15, 0.2) is 35.5 Å². The molecule has 0 fully saturated rings. The molecular weight excluding hydrogens is 372 g/mol. The highest BCUT2D eigenvalue weighted by Gasteiger charge is 2.40. The van der Waals surface area contributed by atoms with Gasteiger partial charge in [-0.15, -0.1) is 11.3 Å². The molecule has 0 saturated carbocycles. The molecule has 0 bridgehead atoms. The molecule has 0 saturated heterocycles. The minimum absolute atomic E-state index is 0.125. The van der Waals surface area contributed by atoms with Gasteiger partial charge in [-0.05, 0) is 45.2 Å². The van der Waals surface area contributed by atoms with Gasteiger partial charge >= 0.3 is 0 Å². The molecule has 0 radical (unpaired) electrons. The Labute approximate surface area is 169 Å². The van der Waals surface area contributed by atoms with Gasteiger partial charge in [0, 0.05) is 16.0 Å². The number of oxime groups is 1. The number of hydrogen-bond acceptors (Lipinski definition) is 6. The third kappa shape index (κ3) is 4.41. The number of nitrogens with one attached hydrogen (secondary N) is 2. The second-order valence-electron chi connectivity index (χ2n) is 8.00. The SMILES string of the molecule is CC1(C)Cc2c(sc(NC(=O)CO/N=C\c3ccccc3)c2C#N)C(C)(C)N1. The lowest BCUT2D eigenvalue weighted by atomic mass is 9.81. The number of nitriles is 1. The summed E-state index contributed by atoms with van der Waals surface area (Å²) in [6.07, 6.45) is 2.28. The third-order valence-corrected chi connectivity index (χ3v) is 5.95. The van der Waals surface area contributed by atoms with Gasteiger partial charge in [0.2, 0.25) is 0 Å². The number of nitrogens with zero attached hydrogens (tertiary/aromatic N) is 2. The van der Waals surface area contributed by atoms with Gasteiger partial charge in [-0.1, -0.05) is 35.5 Å². The van der Waals surface area contributed by atoms with Crippen molar-refractivity contribution in [2.45, 2.75) is 45.2 Å². The molecule has 1 aliphatic heterocycles. The number of thiophene rings is 1. The molecule has 146 valence electrons. The first-order valence-electron chi connectivity index (χ1n) is 9.08. The summed E-state index contributed by atoms with van der Waals surface area (Å²) in [5, 5.41) is 20.5. The van der Waals surface area contributed by atoms with E-state index in [-0.39, 0.29) is 23.6 Å². The normalized spacial score (nSPS) is 17.0. The Bertz CT molecular complexity index is 939. The molecule has 0 unspecified atom stereocenters.